The molecular weight excluding hydrogens is 527 g/mol. The van der Waals surface area contributed by atoms with E-state index < -0.39 is 43.3 Å². The molecule has 3 saturated heterocycles. The van der Waals surface area contributed by atoms with E-state index in [1.54, 1.807) is 18.2 Å². The first-order chi connectivity index (χ1) is 17.6. The summed E-state index contributed by atoms with van der Waals surface area (Å²) in [5, 5.41) is 1.71. The molecule has 3 aromatic rings. The molecule has 3 aliphatic heterocycles. The maximum absolute atomic E-state index is 6.46. The predicted molar refractivity (Wildman–Crippen MR) is 134 cm³/mol. The van der Waals surface area contributed by atoms with E-state index in [9.17, 15) is 0 Å². The number of halogens is 3. The number of ether oxygens (including phenoxy) is 6. The molecule has 6 nitrogen and oxygen atoms in total. The van der Waals surface area contributed by atoms with Gasteiger partial charge in [0.05, 0.1) is 13.2 Å². The zero-order chi connectivity index (χ0) is 24.6. The Bertz CT molecular complexity index is 1150. The summed E-state index contributed by atoms with van der Waals surface area (Å²) in [5.74, 6) is 0. The van der Waals surface area contributed by atoms with Gasteiger partial charge in [-0.05, 0) is 18.2 Å². The first-order valence-electron chi connectivity index (χ1n) is 11.7. The van der Waals surface area contributed by atoms with Crippen molar-refractivity contribution in [3.8, 4) is 0 Å². The highest BCUT2D eigenvalue weighted by molar-refractivity contribution is 6.32. The molecule has 3 heterocycles. The molecule has 0 bridgehead atoms. The molecule has 188 valence electrons. The van der Waals surface area contributed by atoms with E-state index >= 15 is 0 Å². The summed E-state index contributed by atoms with van der Waals surface area (Å²) < 4.78 is 37.3. The molecule has 7 atom stereocenters. The monoisotopic (exact) mass is 548 g/mol. The highest BCUT2D eigenvalue weighted by Gasteiger charge is 2.51. The van der Waals surface area contributed by atoms with Crippen molar-refractivity contribution in [3.05, 3.63) is 105 Å². The highest BCUT2D eigenvalue weighted by atomic mass is 35.5. The van der Waals surface area contributed by atoms with E-state index in [0.717, 1.165) is 16.7 Å². The van der Waals surface area contributed by atoms with Gasteiger partial charge in [0.15, 0.2) is 18.9 Å². The van der Waals surface area contributed by atoms with Gasteiger partial charge in [0.25, 0.3) is 0 Å². The van der Waals surface area contributed by atoms with Gasteiger partial charge in [0, 0.05) is 31.8 Å². The Balaban J connectivity index is 1.24. The van der Waals surface area contributed by atoms with Crippen LogP contribution in [0, 0.1) is 0 Å². The Morgan fingerprint density at radius 2 is 0.833 bits per heavy atom. The number of benzene rings is 3. The molecule has 0 N–H and O–H groups in total. The fraction of sp³-hybridized carbons (Fsp3) is 0.333. The predicted octanol–water partition coefficient (Wildman–Crippen LogP) is 6.66. The lowest BCUT2D eigenvalue weighted by Crippen LogP contribution is -2.44. The Hall–Kier alpha value is -1.71. The highest BCUT2D eigenvalue weighted by Crippen LogP contribution is 2.44. The van der Waals surface area contributed by atoms with Crippen molar-refractivity contribution in [1.82, 2.24) is 0 Å². The standard InChI is InChI=1S/C27H23Cl3O6/c28-18-10-4-1-7-15(18)25-31-13-21(33-25)23-24(36-27(35-23)17-9-3-6-12-20(17)30)22-14-32-26(34-22)16-8-2-5-11-19(16)29/h1-12,21-27H,13-14H2/t21-,22+,23-,24-,25?,26?,27?/m0/s1. The zero-order valence-electron chi connectivity index (χ0n) is 19.0. The molecule has 3 unspecified atom stereocenters. The maximum atomic E-state index is 6.46. The van der Waals surface area contributed by atoms with Crippen LogP contribution in [-0.2, 0) is 28.4 Å². The van der Waals surface area contributed by atoms with Crippen LogP contribution in [0.25, 0.3) is 0 Å². The van der Waals surface area contributed by atoms with Crippen LogP contribution in [0.1, 0.15) is 35.6 Å². The van der Waals surface area contributed by atoms with Crippen molar-refractivity contribution in [2.75, 3.05) is 13.2 Å². The Morgan fingerprint density at radius 1 is 0.472 bits per heavy atom. The molecule has 3 fully saturated rings. The third-order valence-electron chi connectivity index (χ3n) is 6.52. The second-order valence-corrected chi connectivity index (χ2v) is 10.00. The van der Waals surface area contributed by atoms with Crippen molar-refractivity contribution in [2.24, 2.45) is 0 Å². The SMILES string of the molecule is Clc1ccccc1C1O[C@@H]([C@@H]2COC(c3ccccc3Cl)O2)[C@H]([C@H]2COC(c3ccccc3Cl)O2)O1. The van der Waals surface area contributed by atoms with Crippen molar-refractivity contribution in [3.63, 3.8) is 0 Å². The van der Waals surface area contributed by atoms with Gasteiger partial charge in [0.1, 0.15) is 24.4 Å². The van der Waals surface area contributed by atoms with Crippen LogP contribution in [-0.4, -0.2) is 37.6 Å². The van der Waals surface area contributed by atoms with Gasteiger partial charge in [-0.25, -0.2) is 0 Å². The summed E-state index contributed by atoms with van der Waals surface area (Å²) in [7, 11) is 0. The van der Waals surface area contributed by atoms with Crippen LogP contribution < -0.4 is 0 Å². The fourth-order valence-corrected chi connectivity index (χ4v) is 5.40. The number of rotatable bonds is 5. The molecule has 0 aliphatic carbocycles. The molecule has 0 radical (unpaired) electrons. The van der Waals surface area contributed by atoms with Crippen LogP contribution >= 0.6 is 34.8 Å². The van der Waals surface area contributed by atoms with E-state index in [1.807, 2.05) is 54.6 Å². The lowest BCUT2D eigenvalue weighted by molar-refractivity contribution is -0.107. The number of hydrogen-bond donors (Lipinski definition) is 0. The van der Waals surface area contributed by atoms with Crippen molar-refractivity contribution in [2.45, 2.75) is 43.3 Å². The average Bonchev–Trinajstić information content (AvgIpc) is 3.64. The largest absolute Gasteiger partial charge is 0.346 e. The average molecular weight is 550 g/mol. The Kier molecular flexibility index (Phi) is 7.23. The first-order valence-corrected chi connectivity index (χ1v) is 12.8. The zero-order valence-corrected chi connectivity index (χ0v) is 21.2. The van der Waals surface area contributed by atoms with E-state index in [0.29, 0.717) is 28.3 Å². The second kappa shape index (κ2) is 10.6. The quantitative estimate of drug-likeness (QED) is 0.355. The lowest BCUT2D eigenvalue weighted by Gasteiger charge is -2.25. The summed E-state index contributed by atoms with van der Waals surface area (Å²) in [5.41, 5.74) is 2.26. The van der Waals surface area contributed by atoms with Crippen LogP contribution in [0.3, 0.4) is 0 Å². The van der Waals surface area contributed by atoms with E-state index in [-0.39, 0.29) is 0 Å². The molecule has 9 heteroatoms. The first kappa shape index (κ1) is 24.6. The second-order valence-electron chi connectivity index (χ2n) is 8.78. The lowest BCUT2D eigenvalue weighted by atomic mass is 10.0. The third-order valence-corrected chi connectivity index (χ3v) is 7.55. The third kappa shape index (κ3) is 4.78. The summed E-state index contributed by atoms with van der Waals surface area (Å²) in [6.07, 6.45) is -3.76. The van der Waals surface area contributed by atoms with Gasteiger partial charge in [0.2, 0.25) is 0 Å². The molecule has 0 saturated carbocycles. The minimum absolute atomic E-state index is 0.303. The topological polar surface area (TPSA) is 55.4 Å². The van der Waals surface area contributed by atoms with E-state index in [1.165, 1.54) is 0 Å². The normalized spacial score (nSPS) is 32.2. The molecule has 3 aliphatic rings. The summed E-state index contributed by atoms with van der Waals surface area (Å²) in [4.78, 5) is 0. The Labute approximate surface area is 223 Å². The van der Waals surface area contributed by atoms with Gasteiger partial charge in [-0.2, -0.15) is 0 Å². The minimum atomic E-state index is -0.695. The molecule has 36 heavy (non-hydrogen) atoms. The van der Waals surface area contributed by atoms with Crippen LogP contribution in [0.5, 0.6) is 0 Å². The minimum Gasteiger partial charge on any atom is -0.346 e. The molecular formula is C27H23Cl3O6. The van der Waals surface area contributed by atoms with Crippen molar-refractivity contribution in [1.29, 1.82) is 0 Å². The van der Waals surface area contributed by atoms with Crippen LogP contribution in [0.4, 0.5) is 0 Å². The summed E-state index contributed by atoms with van der Waals surface area (Å²) >= 11 is 19.2. The number of hydrogen-bond acceptors (Lipinski definition) is 6. The summed E-state index contributed by atoms with van der Waals surface area (Å²) in [6.45, 7) is 0.606. The van der Waals surface area contributed by atoms with E-state index in [2.05, 4.69) is 0 Å². The van der Waals surface area contributed by atoms with E-state index in [4.69, 9.17) is 63.2 Å². The van der Waals surface area contributed by atoms with Gasteiger partial charge >= 0.3 is 0 Å². The van der Waals surface area contributed by atoms with Gasteiger partial charge < -0.3 is 28.4 Å². The van der Waals surface area contributed by atoms with Crippen LogP contribution in [0.15, 0.2) is 72.8 Å². The Morgan fingerprint density at radius 3 is 1.22 bits per heavy atom. The fourth-order valence-electron chi connectivity index (χ4n) is 4.73. The molecule has 0 aromatic heterocycles. The van der Waals surface area contributed by atoms with Crippen molar-refractivity contribution >= 4 is 34.8 Å². The molecule has 0 spiro atoms. The summed E-state index contributed by atoms with van der Waals surface area (Å²) in [6, 6.07) is 22.3. The molecule has 6 rings (SSSR count). The van der Waals surface area contributed by atoms with Crippen molar-refractivity contribution < 1.29 is 28.4 Å². The molecule has 0 amide bonds. The smallest absolute Gasteiger partial charge is 0.186 e. The maximum Gasteiger partial charge on any atom is 0.186 e. The van der Waals surface area contributed by atoms with Gasteiger partial charge in [-0.1, -0.05) is 89.4 Å². The molecule has 3 aromatic carbocycles. The van der Waals surface area contributed by atoms with Gasteiger partial charge in [-0.3, -0.25) is 0 Å². The van der Waals surface area contributed by atoms with Gasteiger partial charge in [-0.15, -0.1) is 0 Å². The van der Waals surface area contributed by atoms with Crippen LogP contribution in [0.2, 0.25) is 15.1 Å².